The van der Waals surface area contributed by atoms with E-state index in [2.05, 4.69) is 56.6 Å². The molecule has 18 heavy (non-hydrogen) atoms. The molecule has 0 N–H and O–H groups in total. The van der Waals surface area contributed by atoms with Crippen molar-refractivity contribution in [1.82, 2.24) is 0 Å². The first-order chi connectivity index (χ1) is 8.51. The molecule has 0 atom stereocenters. The summed E-state index contributed by atoms with van der Waals surface area (Å²) in [6.45, 7) is 10.4. The van der Waals surface area contributed by atoms with Crippen LogP contribution < -0.4 is 0 Å². The summed E-state index contributed by atoms with van der Waals surface area (Å²) in [5.41, 5.74) is 2.60. The van der Waals surface area contributed by atoms with Crippen LogP contribution in [0.15, 0.2) is 54.8 Å². The minimum atomic E-state index is -1.46. The highest BCUT2D eigenvalue weighted by Crippen LogP contribution is 2.13. The van der Waals surface area contributed by atoms with Gasteiger partial charge in [0, 0.05) is 0 Å². The summed E-state index contributed by atoms with van der Waals surface area (Å²) in [5, 5.41) is 0. The Morgan fingerprint density at radius 2 is 1.89 bits per heavy atom. The Morgan fingerprint density at radius 1 is 1.22 bits per heavy atom. The Kier molecular flexibility index (Phi) is 5.93. The quantitative estimate of drug-likeness (QED) is 0.384. The average Bonchev–Trinajstić information content (AvgIpc) is 2.33. The van der Waals surface area contributed by atoms with Crippen molar-refractivity contribution in [2.45, 2.75) is 38.9 Å². The lowest BCUT2D eigenvalue weighted by Gasteiger charge is -2.16. The van der Waals surface area contributed by atoms with Crippen molar-refractivity contribution in [1.29, 1.82) is 0 Å². The molecular formula is C16H24OSi. The van der Waals surface area contributed by atoms with Crippen LogP contribution in [-0.4, -0.2) is 8.32 Å². The van der Waals surface area contributed by atoms with Gasteiger partial charge in [0.2, 0.25) is 8.32 Å². The molecule has 0 bridgehead atoms. The van der Waals surface area contributed by atoms with Crippen LogP contribution >= 0.6 is 0 Å². The summed E-state index contributed by atoms with van der Waals surface area (Å²) in [5.74, 6) is 0. The molecule has 0 aliphatic carbocycles. The van der Waals surface area contributed by atoms with Gasteiger partial charge in [-0.05, 0) is 50.0 Å². The highest BCUT2D eigenvalue weighted by atomic mass is 28.4. The fourth-order valence-electron chi connectivity index (χ4n) is 1.60. The maximum atomic E-state index is 5.79. The molecule has 0 aliphatic rings. The third kappa shape index (κ3) is 6.45. The Hall–Kier alpha value is -1.28. The van der Waals surface area contributed by atoms with E-state index < -0.39 is 8.32 Å². The van der Waals surface area contributed by atoms with Crippen molar-refractivity contribution in [3.05, 3.63) is 60.4 Å². The van der Waals surface area contributed by atoms with E-state index in [-0.39, 0.29) is 0 Å². The number of hydrogen-bond donors (Lipinski definition) is 0. The minimum Gasteiger partial charge on any atom is -0.549 e. The maximum Gasteiger partial charge on any atom is 0.241 e. The first-order valence-corrected chi connectivity index (χ1v) is 9.95. The first-order valence-electron chi connectivity index (χ1n) is 6.54. The predicted molar refractivity (Wildman–Crippen MR) is 82.1 cm³/mol. The second-order valence-corrected chi connectivity index (χ2v) is 9.93. The van der Waals surface area contributed by atoms with E-state index in [4.69, 9.17) is 4.43 Å². The van der Waals surface area contributed by atoms with Gasteiger partial charge in [0.15, 0.2) is 0 Å². The topological polar surface area (TPSA) is 9.23 Å². The maximum absolute atomic E-state index is 5.79. The van der Waals surface area contributed by atoms with Crippen molar-refractivity contribution in [2.75, 3.05) is 0 Å². The summed E-state index contributed by atoms with van der Waals surface area (Å²) in [6.07, 6.45) is 7.09. The molecule has 0 spiro atoms. The van der Waals surface area contributed by atoms with Crippen LogP contribution in [0.3, 0.4) is 0 Å². The van der Waals surface area contributed by atoms with Gasteiger partial charge in [-0.2, -0.15) is 0 Å². The Balaban J connectivity index is 2.38. The second-order valence-electron chi connectivity index (χ2n) is 5.47. The smallest absolute Gasteiger partial charge is 0.241 e. The summed E-state index contributed by atoms with van der Waals surface area (Å²) < 4.78 is 5.79. The van der Waals surface area contributed by atoms with E-state index in [0.29, 0.717) is 0 Å². The number of benzene rings is 1. The lowest BCUT2D eigenvalue weighted by Crippen LogP contribution is -2.22. The van der Waals surface area contributed by atoms with Crippen LogP contribution in [0.5, 0.6) is 0 Å². The second kappa shape index (κ2) is 7.22. The molecule has 0 saturated carbocycles. The lowest BCUT2D eigenvalue weighted by molar-refractivity contribution is 0.472. The van der Waals surface area contributed by atoms with Crippen molar-refractivity contribution < 1.29 is 4.43 Å². The van der Waals surface area contributed by atoms with Crippen molar-refractivity contribution in [3.63, 3.8) is 0 Å². The highest BCUT2D eigenvalue weighted by Gasteiger charge is 2.13. The zero-order valence-corrected chi connectivity index (χ0v) is 12.8. The number of allylic oxidation sites excluding steroid dienone is 2. The van der Waals surface area contributed by atoms with Gasteiger partial charge in [0.05, 0.1) is 6.26 Å². The van der Waals surface area contributed by atoms with E-state index >= 15 is 0 Å². The Bertz CT molecular complexity index is 387. The third-order valence-corrected chi connectivity index (χ3v) is 3.42. The molecule has 0 amide bonds. The minimum absolute atomic E-state index is 1.03. The van der Waals surface area contributed by atoms with Crippen molar-refractivity contribution in [2.24, 2.45) is 0 Å². The number of rotatable bonds is 7. The molecule has 0 radical (unpaired) electrons. The fourth-order valence-corrected chi connectivity index (χ4v) is 2.11. The number of hydrogen-bond acceptors (Lipinski definition) is 1. The summed E-state index contributed by atoms with van der Waals surface area (Å²) >= 11 is 0. The van der Waals surface area contributed by atoms with E-state index in [1.807, 2.05) is 12.3 Å². The molecule has 0 heterocycles. The molecule has 1 aromatic rings. The lowest BCUT2D eigenvalue weighted by atomic mass is 10.1. The summed E-state index contributed by atoms with van der Waals surface area (Å²) in [7, 11) is -1.46. The summed E-state index contributed by atoms with van der Waals surface area (Å²) in [6, 6.07) is 10.6. The molecule has 0 aliphatic heterocycles. The van der Waals surface area contributed by atoms with Gasteiger partial charge in [0.1, 0.15) is 0 Å². The van der Waals surface area contributed by atoms with Crippen molar-refractivity contribution in [3.8, 4) is 0 Å². The SMILES string of the molecule is C=C/C(=C\O[Si](C)(C)C)CCCc1ccccc1. The standard InChI is InChI=1S/C16H24OSi/c1-5-15(14-17-18(2,3)4)12-9-13-16-10-7-6-8-11-16/h5-8,10-11,14H,1,9,12-13H2,2-4H3/b15-14+. The van der Waals surface area contributed by atoms with Crippen LogP contribution in [0.4, 0.5) is 0 Å². The molecule has 1 aromatic carbocycles. The normalized spacial score (nSPS) is 12.3. The van der Waals surface area contributed by atoms with Crippen LogP contribution in [0.25, 0.3) is 0 Å². The van der Waals surface area contributed by atoms with Gasteiger partial charge in [-0.3, -0.25) is 0 Å². The molecule has 1 rings (SSSR count). The molecular weight excluding hydrogens is 236 g/mol. The van der Waals surface area contributed by atoms with Crippen LogP contribution in [0, 0.1) is 0 Å². The Morgan fingerprint density at radius 3 is 2.44 bits per heavy atom. The van der Waals surface area contributed by atoms with Gasteiger partial charge >= 0.3 is 0 Å². The van der Waals surface area contributed by atoms with Crippen LogP contribution in [-0.2, 0) is 10.8 Å². The molecule has 0 unspecified atom stereocenters. The van der Waals surface area contributed by atoms with Crippen LogP contribution in [0.1, 0.15) is 18.4 Å². The largest absolute Gasteiger partial charge is 0.549 e. The van der Waals surface area contributed by atoms with Gasteiger partial charge in [-0.1, -0.05) is 43.0 Å². The molecule has 2 heteroatoms. The fraction of sp³-hybridized carbons (Fsp3) is 0.375. The van der Waals surface area contributed by atoms with Gasteiger partial charge < -0.3 is 4.43 Å². The van der Waals surface area contributed by atoms with E-state index in [0.717, 1.165) is 19.3 Å². The van der Waals surface area contributed by atoms with Gasteiger partial charge in [-0.25, -0.2) is 0 Å². The monoisotopic (exact) mass is 260 g/mol. The predicted octanol–water partition coefficient (Wildman–Crippen LogP) is 4.93. The average molecular weight is 260 g/mol. The van der Waals surface area contributed by atoms with Gasteiger partial charge in [0.25, 0.3) is 0 Å². The summed E-state index contributed by atoms with van der Waals surface area (Å²) in [4.78, 5) is 0. The van der Waals surface area contributed by atoms with Crippen LogP contribution in [0.2, 0.25) is 19.6 Å². The molecule has 0 fully saturated rings. The van der Waals surface area contributed by atoms with Crippen molar-refractivity contribution >= 4 is 8.32 Å². The molecule has 0 aromatic heterocycles. The van der Waals surface area contributed by atoms with E-state index in [1.54, 1.807) is 0 Å². The highest BCUT2D eigenvalue weighted by molar-refractivity contribution is 6.69. The molecule has 98 valence electrons. The first kappa shape index (κ1) is 14.8. The molecule has 0 saturated heterocycles. The van der Waals surface area contributed by atoms with E-state index in [9.17, 15) is 0 Å². The zero-order chi connectivity index (χ0) is 13.4. The third-order valence-electron chi connectivity index (χ3n) is 2.60. The van der Waals surface area contributed by atoms with Gasteiger partial charge in [-0.15, -0.1) is 0 Å². The molecule has 1 nitrogen and oxygen atoms in total. The zero-order valence-electron chi connectivity index (χ0n) is 11.8. The number of aryl methyl sites for hydroxylation is 1. The Labute approximate surface area is 112 Å². The van der Waals surface area contributed by atoms with E-state index in [1.165, 1.54) is 11.1 Å².